The number of para-hydroxylation sites is 1. The van der Waals surface area contributed by atoms with Crippen molar-refractivity contribution >= 4 is 11.9 Å². The van der Waals surface area contributed by atoms with E-state index in [9.17, 15) is 14.7 Å². The van der Waals surface area contributed by atoms with Crippen LogP contribution in [0.4, 0.5) is 0 Å². The van der Waals surface area contributed by atoms with E-state index in [0.717, 1.165) is 17.7 Å². The van der Waals surface area contributed by atoms with Crippen LogP contribution in [0.5, 0.6) is 11.5 Å². The maximum absolute atomic E-state index is 13.2. The first-order valence-corrected chi connectivity index (χ1v) is 10.1. The summed E-state index contributed by atoms with van der Waals surface area (Å²) in [4.78, 5) is 27.2. The van der Waals surface area contributed by atoms with Gasteiger partial charge >= 0.3 is 5.97 Å². The highest BCUT2D eigenvalue weighted by molar-refractivity contribution is 6.00. The number of carbonyl (C=O) groups excluding carboxylic acids is 1. The Kier molecular flexibility index (Phi) is 5.53. The molecule has 152 valence electrons. The third-order valence-corrected chi connectivity index (χ3v) is 5.37. The van der Waals surface area contributed by atoms with Crippen LogP contribution in [0.2, 0.25) is 0 Å². The minimum absolute atomic E-state index is 0.125. The number of nitrogens with zero attached hydrogens (tertiary/aromatic N) is 1. The predicted octanol–water partition coefficient (Wildman–Crippen LogP) is 5.25. The molecule has 0 saturated carbocycles. The van der Waals surface area contributed by atoms with Gasteiger partial charge in [-0.3, -0.25) is 9.59 Å². The number of benzene rings is 3. The van der Waals surface area contributed by atoms with E-state index in [1.807, 2.05) is 61.5 Å². The lowest BCUT2D eigenvalue weighted by atomic mass is 9.79. The highest BCUT2D eigenvalue weighted by atomic mass is 16.5. The minimum Gasteiger partial charge on any atom is -0.481 e. The normalized spacial score (nSPS) is 18.0. The van der Waals surface area contributed by atoms with Crippen LogP contribution < -0.4 is 4.74 Å². The molecule has 5 nitrogen and oxygen atoms in total. The van der Waals surface area contributed by atoms with Crippen molar-refractivity contribution in [1.82, 2.24) is 4.90 Å². The highest BCUT2D eigenvalue weighted by Crippen LogP contribution is 2.43. The van der Waals surface area contributed by atoms with Crippen LogP contribution in [0.25, 0.3) is 0 Å². The van der Waals surface area contributed by atoms with E-state index in [0.29, 0.717) is 23.4 Å². The molecule has 2 atom stereocenters. The van der Waals surface area contributed by atoms with Gasteiger partial charge in [-0.15, -0.1) is 0 Å². The molecule has 3 aromatic carbocycles. The number of aliphatic carboxylic acids is 1. The molecular formula is C25H23NO4. The fourth-order valence-corrected chi connectivity index (χ4v) is 4.07. The molecule has 30 heavy (non-hydrogen) atoms. The summed E-state index contributed by atoms with van der Waals surface area (Å²) in [6.07, 6.45) is 0.742. The molecule has 4 rings (SSSR count). The number of amides is 1. The maximum Gasteiger partial charge on any atom is 0.313 e. The second kappa shape index (κ2) is 8.41. The molecule has 0 bridgehead atoms. The number of fused-ring (bicyclic) bond motifs is 1. The largest absolute Gasteiger partial charge is 0.481 e. The Balaban J connectivity index is 1.72. The second-order valence-corrected chi connectivity index (χ2v) is 7.33. The summed E-state index contributed by atoms with van der Waals surface area (Å²) in [6.45, 7) is 2.47. The van der Waals surface area contributed by atoms with Crippen molar-refractivity contribution in [2.24, 2.45) is 0 Å². The van der Waals surface area contributed by atoms with Crippen molar-refractivity contribution in [3.63, 3.8) is 0 Å². The zero-order chi connectivity index (χ0) is 21.1. The van der Waals surface area contributed by atoms with Crippen LogP contribution >= 0.6 is 0 Å². The van der Waals surface area contributed by atoms with E-state index in [2.05, 4.69) is 0 Å². The maximum atomic E-state index is 13.2. The SMILES string of the molecule is CCCN1C(=O)c2ccccc2[C@H](C(=O)O)[C@H]1c1ccc(Oc2ccccc2)cc1. The summed E-state index contributed by atoms with van der Waals surface area (Å²) >= 11 is 0. The van der Waals surface area contributed by atoms with Crippen LogP contribution in [-0.2, 0) is 4.79 Å². The average Bonchev–Trinajstić information content (AvgIpc) is 2.77. The quantitative estimate of drug-likeness (QED) is 0.612. The number of carboxylic acid groups (broad SMARTS) is 1. The van der Waals surface area contributed by atoms with E-state index in [-0.39, 0.29) is 5.91 Å². The molecular weight excluding hydrogens is 378 g/mol. The summed E-state index contributed by atoms with van der Waals surface area (Å²) in [5.74, 6) is -0.513. The van der Waals surface area contributed by atoms with Crippen LogP contribution in [0.1, 0.15) is 46.8 Å². The second-order valence-electron chi connectivity index (χ2n) is 7.33. The van der Waals surface area contributed by atoms with Crippen molar-refractivity contribution in [2.45, 2.75) is 25.3 Å². The van der Waals surface area contributed by atoms with Gasteiger partial charge in [0.15, 0.2) is 0 Å². The Bertz CT molecular complexity index is 1050. The Hall–Kier alpha value is -3.60. The number of hydrogen-bond donors (Lipinski definition) is 1. The lowest BCUT2D eigenvalue weighted by Crippen LogP contribution is -2.45. The number of hydrogen-bond acceptors (Lipinski definition) is 3. The monoisotopic (exact) mass is 401 g/mol. The molecule has 3 aromatic rings. The number of carboxylic acids is 1. The van der Waals surface area contributed by atoms with Gasteiger partial charge in [-0.1, -0.05) is 55.5 Å². The fraction of sp³-hybridized carbons (Fsp3) is 0.200. The summed E-state index contributed by atoms with van der Waals surface area (Å²) < 4.78 is 5.85. The Morgan fingerprint density at radius 3 is 2.23 bits per heavy atom. The van der Waals surface area contributed by atoms with Crippen LogP contribution in [0.3, 0.4) is 0 Å². The number of carbonyl (C=O) groups is 2. The van der Waals surface area contributed by atoms with Gasteiger partial charge < -0.3 is 14.7 Å². The first kappa shape index (κ1) is 19.7. The average molecular weight is 401 g/mol. The fourth-order valence-electron chi connectivity index (χ4n) is 4.07. The molecule has 0 aromatic heterocycles. The van der Waals surface area contributed by atoms with Crippen LogP contribution in [0, 0.1) is 0 Å². The topological polar surface area (TPSA) is 66.8 Å². The van der Waals surface area contributed by atoms with Gasteiger partial charge in [-0.05, 0) is 47.9 Å². The summed E-state index contributed by atoms with van der Waals surface area (Å²) in [7, 11) is 0. The zero-order valence-electron chi connectivity index (χ0n) is 16.7. The minimum atomic E-state index is -0.939. The molecule has 0 radical (unpaired) electrons. The van der Waals surface area contributed by atoms with Crippen molar-refractivity contribution < 1.29 is 19.4 Å². The lowest BCUT2D eigenvalue weighted by molar-refractivity contribution is -0.140. The van der Waals surface area contributed by atoms with E-state index in [4.69, 9.17) is 4.74 Å². The molecule has 0 saturated heterocycles. The van der Waals surface area contributed by atoms with Gasteiger partial charge in [0.2, 0.25) is 0 Å². The summed E-state index contributed by atoms with van der Waals surface area (Å²) in [5.41, 5.74) is 1.81. The first-order valence-electron chi connectivity index (χ1n) is 10.1. The van der Waals surface area contributed by atoms with E-state index < -0.39 is 17.9 Å². The third-order valence-electron chi connectivity index (χ3n) is 5.37. The highest BCUT2D eigenvalue weighted by Gasteiger charge is 2.43. The Labute approximate surface area is 175 Å². The molecule has 1 heterocycles. The predicted molar refractivity (Wildman–Crippen MR) is 114 cm³/mol. The number of rotatable bonds is 6. The van der Waals surface area contributed by atoms with Gasteiger partial charge in [0, 0.05) is 12.1 Å². The molecule has 0 unspecified atom stereocenters. The van der Waals surface area contributed by atoms with Crippen molar-refractivity contribution in [2.75, 3.05) is 6.54 Å². The molecule has 1 aliphatic heterocycles. The van der Waals surface area contributed by atoms with Gasteiger partial charge in [0.25, 0.3) is 5.91 Å². The molecule has 1 N–H and O–H groups in total. The van der Waals surface area contributed by atoms with E-state index >= 15 is 0 Å². The smallest absolute Gasteiger partial charge is 0.313 e. The first-order chi connectivity index (χ1) is 14.6. The standard InChI is InChI=1S/C25H23NO4/c1-2-16-26-23(22(25(28)29)20-10-6-7-11-21(20)24(26)27)17-12-14-19(15-13-17)30-18-8-4-3-5-9-18/h3-15,22-23H,2,16H2,1H3,(H,28,29)/t22-,23+/m0/s1. The lowest BCUT2D eigenvalue weighted by Gasteiger charge is -2.40. The summed E-state index contributed by atoms with van der Waals surface area (Å²) in [6, 6.07) is 23.2. The van der Waals surface area contributed by atoms with Crippen LogP contribution in [0.15, 0.2) is 78.9 Å². The molecule has 0 aliphatic carbocycles. The molecule has 1 aliphatic rings. The van der Waals surface area contributed by atoms with Crippen molar-refractivity contribution in [3.8, 4) is 11.5 Å². The van der Waals surface area contributed by atoms with Crippen LogP contribution in [-0.4, -0.2) is 28.4 Å². The van der Waals surface area contributed by atoms with Gasteiger partial charge in [0.05, 0.1) is 6.04 Å². The molecule has 0 spiro atoms. The summed E-state index contributed by atoms with van der Waals surface area (Å²) in [5, 5.41) is 10.1. The third kappa shape index (κ3) is 3.66. The number of ether oxygens (including phenoxy) is 1. The van der Waals surface area contributed by atoms with E-state index in [1.165, 1.54) is 0 Å². The van der Waals surface area contributed by atoms with E-state index in [1.54, 1.807) is 29.2 Å². The Morgan fingerprint density at radius 1 is 0.933 bits per heavy atom. The van der Waals surface area contributed by atoms with Crippen molar-refractivity contribution in [3.05, 3.63) is 95.6 Å². The molecule has 1 amide bonds. The van der Waals surface area contributed by atoms with Gasteiger partial charge in [-0.25, -0.2) is 0 Å². The Morgan fingerprint density at radius 2 is 1.57 bits per heavy atom. The van der Waals surface area contributed by atoms with Gasteiger partial charge in [0.1, 0.15) is 17.4 Å². The van der Waals surface area contributed by atoms with Gasteiger partial charge in [-0.2, -0.15) is 0 Å². The molecule has 5 heteroatoms. The van der Waals surface area contributed by atoms with Crippen molar-refractivity contribution in [1.29, 1.82) is 0 Å². The molecule has 0 fully saturated rings. The zero-order valence-corrected chi connectivity index (χ0v) is 16.7.